The Kier molecular flexibility index (Phi) is 4.21. The molecule has 3 rings (SSSR count). The number of carbonyl (C=O) groups excluding carboxylic acids is 1. The summed E-state index contributed by atoms with van der Waals surface area (Å²) in [6, 6.07) is 2.68. The fraction of sp³-hybridized carbons (Fsp3) is 0.250. The quantitative estimate of drug-likeness (QED) is 0.444. The van der Waals surface area contributed by atoms with Crippen LogP contribution >= 0.6 is 23.2 Å². The Morgan fingerprint density at radius 1 is 1.17 bits per heavy atom. The van der Waals surface area contributed by atoms with Gasteiger partial charge in [0.15, 0.2) is 5.82 Å². The zero-order valence-corrected chi connectivity index (χ0v) is 13.8. The van der Waals surface area contributed by atoms with E-state index in [1.165, 1.54) is 13.2 Å². The van der Waals surface area contributed by atoms with Crippen molar-refractivity contribution in [1.29, 1.82) is 0 Å². The van der Waals surface area contributed by atoms with Crippen molar-refractivity contribution in [2.75, 3.05) is 7.11 Å². The molecule has 1 aliphatic rings. The lowest BCUT2D eigenvalue weighted by Gasteiger charge is -2.16. The second kappa shape index (κ2) is 5.93. The van der Waals surface area contributed by atoms with Crippen LogP contribution in [-0.4, -0.2) is 18.1 Å². The van der Waals surface area contributed by atoms with E-state index in [-0.39, 0.29) is 21.3 Å². The average molecular weight is 376 g/mol. The molecule has 0 aliphatic heterocycles. The van der Waals surface area contributed by atoms with Gasteiger partial charge >= 0.3 is 5.97 Å². The first-order chi connectivity index (χ1) is 11.3. The molecule has 1 aliphatic carbocycles. The first kappa shape index (κ1) is 17.0. The molecule has 8 heteroatoms. The Morgan fingerprint density at radius 3 is 2.42 bits per heavy atom. The van der Waals surface area contributed by atoms with Crippen LogP contribution in [0.3, 0.4) is 0 Å². The number of esters is 1. The van der Waals surface area contributed by atoms with Gasteiger partial charge < -0.3 is 4.74 Å². The number of ether oxygens (including phenoxy) is 1. The normalized spacial score (nSPS) is 15.2. The SMILES string of the molecule is COC(=O)C1(c2cc(Cl)nc(-c3cc(Cl)c(F)cc3F)c2F)CC1. The summed E-state index contributed by atoms with van der Waals surface area (Å²) in [6.45, 7) is 0. The number of hydrogen-bond acceptors (Lipinski definition) is 3. The van der Waals surface area contributed by atoms with Crippen LogP contribution in [0.5, 0.6) is 0 Å². The minimum Gasteiger partial charge on any atom is -0.468 e. The lowest BCUT2D eigenvalue weighted by atomic mass is 9.94. The van der Waals surface area contributed by atoms with Crippen LogP contribution in [0, 0.1) is 17.5 Å². The molecule has 0 N–H and O–H groups in total. The number of rotatable bonds is 3. The standard InChI is InChI=1S/C16H10Cl2F3NO2/c1-24-15(23)16(2-3-16)8-5-12(18)22-14(13(8)21)7-4-9(17)11(20)6-10(7)19/h4-6H,2-3H2,1H3. The highest BCUT2D eigenvalue weighted by Crippen LogP contribution is 2.51. The summed E-state index contributed by atoms with van der Waals surface area (Å²) in [5, 5.41) is -0.514. The highest BCUT2D eigenvalue weighted by molar-refractivity contribution is 6.31. The van der Waals surface area contributed by atoms with Crippen molar-refractivity contribution in [3.8, 4) is 11.3 Å². The van der Waals surface area contributed by atoms with Gasteiger partial charge in [-0.3, -0.25) is 4.79 Å². The number of nitrogens with zero attached hydrogens (tertiary/aromatic N) is 1. The zero-order valence-electron chi connectivity index (χ0n) is 12.3. The fourth-order valence-electron chi connectivity index (χ4n) is 2.63. The van der Waals surface area contributed by atoms with Crippen LogP contribution in [0.1, 0.15) is 18.4 Å². The molecule has 126 valence electrons. The maximum Gasteiger partial charge on any atom is 0.316 e. The Balaban J connectivity index is 2.22. The summed E-state index contributed by atoms with van der Waals surface area (Å²) in [5.41, 5.74) is -1.96. The minimum atomic E-state index is -1.15. The van der Waals surface area contributed by atoms with E-state index in [1.807, 2.05) is 0 Å². The molecule has 1 aromatic heterocycles. The van der Waals surface area contributed by atoms with Gasteiger partial charge in [0, 0.05) is 17.2 Å². The molecule has 24 heavy (non-hydrogen) atoms. The summed E-state index contributed by atoms with van der Waals surface area (Å²) >= 11 is 11.6. The highest BCUT2D eigenvalue weighted by atomic mass is 35.5. The van der Waals surface area contributed by atoms with Gasteiger partial charge in [0.1, 0.15) is 22.5 Å². The lowest BCUT2D eigenvalue weighted by molar-refractivity contribution is -0.143. The summed E-state index contributed by atoms with van der Waals surface area (Å²) in [5.74, 6) is -3.54. The van der Waals surface area contributed by atoms with Crippen LogP contribution in [0.15, 0.2) is 18.2 Å². The van der Waals surface area contributed by atoms with Crippen LogP contribution in [0.25, 0.3) is 11.3 Å². The van der Waals surface area contributed by atoms with E-state index in [0.29, 0.717) is 18.9 Å². The third kappa shape index (κ3) is 2.63. The van der Waals surface area contributed by atoms with Gasteiger partial charge in [-0.05, 0) is 25.0 Å². The number of benzene rings is 1. The van der Waals surface area contributed by atoms with E-state index < -0.39 is 34.5 Å². The van der Waals surface area contributed by atoms with Crippen molar-refractivity contribution >= 4 is 29.2 Å². The molecule has 0 radical (unpaired) electrons. The minimum absolute atomic E-state index is 0.0239. The van der Waals surface area contributed by atoms with Gasteiger partial charge in [0.2, 0.25) is 0 Å². The molecule has 1 heterocycles. The molecule has 0 spiro atoms. The second-order valence-corrected chi connectivity index (χ2v) is 6.27. The number of methoxy groups -OCH3 is 1. The average Bonchev–Trinajstić information content (AvgIpc) is 3.34. The summed E-state index contributed by atoms with van der Waals surface area (Å²) < 4.78 is 47.0. The molecule has 0 unspecified atom stereocenters. The molecule has 1 saturated carbocycles. The van der Waals surface area contributed by atoms with Crippen LogP contribution in [0.2, 0.25) is 10.2 Å². The van der Waals surface area contributed by atoms with E-state index in [9.17, 15) is 18.0 Å². The van der Waals surface area contributed by atoms with E-state index in [4.69, 9.17) is 27.9 Å². The van der Waals surface area contributed by atoms with Gasteiger partial charge in [-0.2, -0.15) is 0 Å². The molecule has 1 aromatic carbocycles. The number of halogens is 5. The van der Waals surface area contributed by atoms with Gasteiger partial charge in [-0.25, -0.2) is 18.2 Å². The fourth-order valence-corrected chi connectivity index (χ4v) is 2.99. The maximum absolute atomic E-state index is 15.0. The Hall–Kier alpha value is -1.79. The Labute approximate surface area is 145 Å². The maximum atomic E-state index is 15.0. The molecule has 0 amide bonds. The van der Waals surface area contributed by atoms with E-state index in [0.717, 1.165) is 6.07 Å². The first-order valence-corrected chi connectivity index (χ1v) is 7.65. The molecule has 3 nitrogen and oxygen atoms in total. The topological polar surface area (TPSA) is 39.2 Å². The van der Waals surface area contributed by atoms with Gasteiger partial charge in [0.25, 0.3) is 0 Å². The molecule has 1 fully saturated rings. The van der Waals surface area contributed by atoms with Crippen LogP contribution < -0.4 is 0 Å². The predicted octanol–water partition coefficient (Wildman–Crippen LogP) is 4.68. The second-order valence-electron chi connectivity index (χ2n) is 5.47. The number of hydrogen-bond donors (Lipinski definition) is 0. The first-order valence-electron chi connectivity index (χ1n) is 6.90. The molecule has 0 bridgehead atoms. The number of carbonyl (C=O) groups is 1. The van der Waals surface area contributed by atoms with E-state index >= 15 is 0 Å². The third-order valence-corrected chi connectivity index (χ3v) is 4.52. The zero-order chi connectivity index (χ0) is 17.6. The van der Waals surface area contributed by atoms with Gasteiger partial charge in [-0.15, -0.1) is 0 Å². The third-order valence-electron chi connectivity index (χ3n) is 4.03. The molecular weight excluding hydrogens is 366 g/mol. The molecule has 0 atom stereocenters. The Bertz CT molecular complexity index is 854. The van der Waals surface area contributed by atoms with Crippen molar-refractivity contribution in [3.63, 3.8) is 0 Å². The van der Waals surface area contributed by atoms with E-state index in [2.05, 4.69) is 4.98 Å². The summed E-state index contributed by atoms with van der Waals surface area (Å²) in [6.07, 6.45) is 0.756. The van der Waals surface area contributed by atoms with Gasteiger partial charge in [0.05, 0.1) is 17.5 Å². The molecular formula is C16H10Cl2F3NO2. The van der Waals surface area contributed by atoms with Gasteiger partial charge in [-0.1, -0.05) is 23.2 Å². The predicted molar refractivity (Wildman–Crippen MR) is 82.5 cm³/mol. The van der Waals surface area contributed by atoms with Crippen LogP contribution in [-0.2, 0) is 14.9 Å². The molecule has 2 aromatic rings. The Morgan fingerprint density at radius 2 is 1.83 bits per heavy atom. The smallest absolute Gasteiger partial charge is 0.316 e. The van der Waals surface area contributed by atoms with Crippen molar-refractivity contribution in [1.82, 2.24) is 4.98 Å². The highest BCUT2D eigenvalue weighted by Gasteiger charge is 2.54. The van der Waals surface area contributed by atoms with Crippen molar-refractivity contribution in [2.24, 2.45) is 0 Å². The largest absolute Gasteiger partial charge is 0.468 e. The van der Waals surface area contributed by atoms with Crippen molar-refractivity contribution in [2.45, 2.75) is 18.3 Å². The lowest BCUT2D eigenvalue weighted by Crippen LogP contribution is -2.23. The van der Waals surface area contributed by atoms with E-state index in [1.54, 1.807) is 0 Å². The number of pyridine rings is 1. The molecule has 0 saturated heterocycles. The van der Waals surface area contributed by atoms with Crippen LogP contribution in [0.4, 0.5) is 13.2 Å². The summed E-state index contributed by atoms with van der Waals surface area (Å²) in [7, 11) is 1.20. The van der Waals surface area contributed by atoms with Crippen molar-refractivity contribution < 1.29 is 22.7 Å². The summed E-state index contributed by atoms with van der Waals surface area (Å²) in [4.78, 5) is 15.8. The number of aromatic nitrogens is 1. The monoisotopic (exact) mass is 375 g/mol. The van der Waals surface area contributed by atoms with Crippen molar-refractivity contribution in [3.05, 3.63) is 51.4 Å².